The quantitative estimate of drug-likeness (QED) is 0.844. The lowest BCUT2D eigenvalue weighted by molar-refractivity contribution is 0.0951. The van der Waals surface area contributed by atoms with E-state index in [0.717, 1.165) is 31.7 Å². The number of likely N-dealkylation sites (N-methyl/N-ethyl adjacent to an activating group) is 1. The fraction of sp³-hybridized carbons (Fsp3) is 0.316. The van der Waals surface area contributed by atoms with Crippen molar-refractivity contribution >= 4 is 17.3 Å². The normalized spacial score (nSPS) is 15.3. The highest BCUT2D eigenvalue weighted by Crippen LogP contribution is 2.17. The van der Waals surface area contributed by atoms with E-state index in [1.807, 2.05) is 0 Å². The molecule has 1 amide bonds. The van der Waals surface area contributed by atoms with Crippen molar-refractivity contribution < 1.29 is 4.79 Å². The van der Waals surface area contributed by atoms with E-state index < -0.39 is 0 Å². The lowest BCUT2D eigenvalue weighted by Gasteiger charge is -2.34. The van der Waals surface area contributed by atoms with Crippen LogP contribution in [0.15, 0.2) is 48.5 Å². The summed E-state index contributed by atoms with van der Waals surface area (Å²) in [5, 5.41) is 2.93. The molecule has 2 aromatic rings. The first-order chi connectivity index (χ1) is 11.6. The molecule has 3 N–H and O–H groups in total. The predicted molar refractivity (Wildman–Crippen MR) is 98.2 cm³/mol. The lowest BCUT2D eigenvalue weighted by Crippen LogP contribution is -2.44. The third kappa shape index (κ3) is 4.06. The highest BCUT2D eigenvalue weighted by molar-refractivity contribution is 5.94. The second-order valence-electron chi connectivity index (χ2n) is 6.26. The molecule has 0 atom stereocenters. The second-order valence-corrected chi connectivity index (χ2v) is 6.26. The van der Waals surface area contributed by atoms with Crippen LogP contribution in [0.1, 0.15) is 15.9 Å². The van der Waals surface area contributed by atoms with Crippen molar-refractivity contribution in [3.63, 3.8) is 0 Å². The summed E-state index contributed by atoms with van der Waals surface area (Å²) in [6.07, 6.45) is 0. The van der Waals surface area contributed by atoms with Crippen LogP contribution in [0.4, 0.5) is 11.4 Å². The minimum absolute atomic E-state index is 0.106. The van der Waals surface area contributed by atoms with Crippen molar-refractivity contribution in [2.75, 3.05) is 43.9 Å². The highest BCUT2D eigenvalue weighted by atomic mass is 16.1. The molecule has 2 aromatic carbocycles. The predicted octanol–water partition coefficient (Wildman–Crippen LogP) is 1.95. The number of nitrogens with zero attached hydrogens (tertiary/aromatic N) is 2. The van der Waals surface area contributed by atoms with Gasteiger partial charge in [0.05, 0.1) is 0 Å². The van der Waals surface area contributed by atoms with Crippen molar-refractivity contribution in [1.29, 1.82) is 0 Å². The van der Waals surface area contributed by atoms with Crippen LogP contribution in [-0.2, 0) is 6.54 Å². The van der Waals surface area contributed by atoms with Crippen molar-refractivity contribution in [3.8, 4) is 0 Å². The van der Waals surface area contributed by atoms with Crippen LogP contribution < -0.4 is 16.0 Å². The van der Waals surface area contributed by atoms with Gasteiger partial charge in [0.1, 0.15) is 0 Å². The molecule has 1 saturated heterocycles. The molecule has 0 unspecified atom stereocenters. The molecule has 1 fully saturated rings. The first-order valence-corrected chi connectivity index (χ1v) is 8.28. The summed E-state index contributed by atoms with van der Waals surface area (Å²) in [6, 6.07) is 15.4. The number of nitrogens with two attached hydrogens (primary N) is 1. The third-order valence-electron chi connectivity index (χ3n) is 4.41. The Hall–Kier alpha value is -2.53. The van der Waals surface area contributed by atoms with Crippen LogP contribution in [0.25, 0.3) is 0 Å². The standard InChI is InChI=1S/C19H24N4O/c1-22-9-11-23(12-10-22)18-7-5-15(6-8-18)14-21-19(24)16-3-2-4-17(20)13-16/h2-8,13H,9-12,14,20H2,1H3,(H,21,24). The van der Waals surface area contributed by atoms with E-state index in [1.54, 1.807) is 24.3 Å². The summed E-state index contributed by atoms with van der Waals surface area (Å²) in [5.41, 5.74) is 9.23. The van der Waals surface area contributed by atoms with Crippen molar-refractivity contribution in [1.82, 2.24) is 10.2 Å². The second kappa shape index (κ2) is 7.36. The summed E-state index contributed by atoms with van der Waals surface area (Å²) >= 11 is 0. The van der Waals surface area contributed by atoms with E-state index in [2.05, 4.69) is 46.4 Å². The largest absolute Gasteiger partial charge is 0.399 e. The van der Waals surface area contributed by atoms with E-state index >= 15 is 0 Å². The van der Waals surface area contributed by atoms with Gasteiger partial charge in [0.25, 0.3) is 5.91 Å². The van der Waals surface area contributed by atoms with Gasteiger partial charge in [-0.2, -0.15) is 0 Å². The van der Waals surface area contributed by atoms with E-state index in [-0.39, 0.29) is 5.91 Å². The Morgan fingerprint density at radius 1 is 1.08 bits per heavy atom. The van der Waals surface area contributed by atoms with Crippen LogP contribution in [0.2, 0.25) is 0 Å². The Kier molecular flexibility index (Phi) is 5.01. The number of hydrogen-bond donors (Lipinski definition) is 2. The zero-order chi connectivity index (χ0) is 16.9. The third-order valence-corrected chi connectivity index (χ3v) is 4.41. The summed E-state index contributed by atoms with van der Waals surface area (Å²) in [4.78, 5) is 16.9. The smallest absolute Gasteiger partial charge is 0.251 e. The molecule has 1 aliphatic rings. The van der Waals surface area contributed by atoms with Crippen LogP contribution in [0.3, 0.4) is 0 Å². The minimum Gasteiger partial charge on any atom is -0.399 e. The molecule has 1 aliphatic heterocycles. The van der Waals surface area contributed by atoms with Crippen LogP contribution >= 0.6 is 0 Å². The first-order valence-electron chi connectivity index (χ1n) is 8.28. The molecule has 1 heterocycles. The number of rotatable bonds is 4. The molecule has 0 aromatic heterocycles. The molecule has 3 rings (SSSR count). The van der Waals surface area contributed by atoms with E-state index in [4.69, 9.17) is 5.73 Å². The molecule has 0 saturated carbocycles. The van der Waals surface area contributed by atoms with Crippen LogP contribution in [-0.4, -0.2) is 44.0 Å². The average molecular weight is 324 g/mol. The molecule has 24 heavy (non-hydrogen) atoms. The number of anilines is 2. The monoisotopic (exact) mass is 324 g/mol. The molecule has 5 nitrogen and oxygen atoms in total. The Balaban J connectivity index is 1.55. The summed E-state index contributed by atoms with van der Waals surface area (Å²) < 4.78 is 0. The molecule has 0 aliphatic carbocycles. The van der Waals surface area contributed by atoms with Crippen molar-refractivity contribution in [2.24, 2.45) is 0 Å². The van der Waals surface area contributed by atoms with Crippen LogP contribution in [0.5, 0.6) is 0 Å². The number of benzene rings is 2. The summed E-state index contributed by atoms with van der Waals surface area (Å²) in [6.45, 7) is 4.82. The van der Waals surface area contributed by atoms with Gasteiger partial charge in [0, 0.05) is 49.7 Å². The Bertz CT molecular complexity index is 691. The number of piperazine rings is 1. The maximum Gasteiger partial charge on any atom is 0.251 e. The first kappa shape index (κ1) is 16.3. The molecular formula is C19H24N4O. The molecule has 126 valence electrons. The van der Waals surface area contributed by atoms with Crippen molar-refractivity contribution in [2.45, 2.75) is 6.54 Å². The number of nitrogen functional groups attached to an aromatic ring is 1. The Labute approximate surface area is 143 Å². The van der Waals surface area contributed by atoms with Gasteiger partial charge < -0.3 is 20.9 Å². The minimum atomic E-state index is -0.106. The number of carbonyl (C=O) groups is 1. The zero-order valence-corrected chi connectivity index (χ0v) is 14.0. The topological polar surface area (TPSA) is 61.6 Å². The van der Waals surface area contributed by atoms with Crippen LogP contribution in [0, 0.1) is 0 Å². The number of nitrogens with one attached hydrogen (secondary N) is 1. The van der Waals surface area contributed by atoms with Gasteiger partial charge >= 0.3 is 0 Å². The number of carbonyl (C=O) groups excluding carboxylic acids is 1. The molecule has 5 heteroatoms. The summed E-state index contributed by atoms with van der Waals surface area (Å²) in [5.74, 6) is -0.106. The van der Waals surface area contributed by atoms with Gasteiger partial charge in [-0.05, 0) is 42.9 Å². The highest BCUT2D eigenvalue weighted by Gasteiger charge is 2.14. The molecule has 0 bridgehead atoms. The Morgan fingerprint density at radius 3 is 2.46 bits per heavy atom. The SMILES string of the molecule is CN1CCN(c2ccc(CNC(=O)c3cccc(N)c3)cc2)CC1. The van der Waals surface area contributed by atoms with Gasteiger partial charge in [-0.1, -0.05) is 18.2 Å². The maximum absolute atomic E-state index is 12.1. The molecule has 0 spiro atoms. The number of hydrogen-bond acceptors (Lipinski definition) is 4. The van der Waals surface area contributed by atoms with E-state index in [0.29, 0.717) is 17.8 Å². The van der Waals surface area contributed by atoms with Gasteiger partial charge in [-0.15, -0.1) is 0 Å². The fourth-order valence-corrected chi connectivity index (χ4v) is 2.85. The zero-order valence-electron chi connectivity index (χ0n) is 14.0. The molecular weight excluding hydrogens is 300 g/mol. The van der Waals surface area contributed by atoms with Gasteiger partial charge in [-0.25, -0.2) is 0 Å². The lowest BCUT2D eigenvalue weighted by atomic mass is 10.1. The van der Waals surface area contributed by atoms with Gasteiger partial charge in [0.15, 0.2) is 0 Å². The van der Waals surface area contributed by atoms with Gasteiger partial charge in [-0.3, -0.25) is 4.79 Å². The average Bonchev–Trinajstić information content (AvgIpc) is 2.61. The maximum atomic E-state index is 12.1. The molecule has 0 radical (unpaired) electrons. The van der Waals surface area contributed by atoms with E-state index in [9.17, 15) is 4.79 Å². The fourth-order valence-electron chi connectivity index (χ4n) is 2.85. The number of amides is 1. The van der Waals surface area contributed by atoms with Crippen molar-refractivity contribution in [3.05, 3.63) is 59.7 Å². The van der Waals surface area contributed by atoms with Gasteiger partial charge in [0.2, 0.25) is 0 Å². The summed E-state index contributed by atoms with van der Waals surface area (Å²) in [7, 11) is 2.16. The Morgan fingerprint density at radius 2 is 1.79 bits per heavy atom. The van der Waals surface area contributed by atoms with E-state index in [1.165, 1.54) is 5.69 Å².